The van der Waals surface area contributed by atoms with E-state index in [1.807, 2.05) is 42.5 Å². The van der Waals surface area contributed by atoms with Gasteiger partial charge in [0.05, 0.1) is 6.61 Å². The Balaban J connectivity index is 1.91. The van der Waals surface area contributed by atoms with Gasteiger partial charge in [-0.1, -0.05) is 6.92 Å². The monoisotopic (exact) mass is 305 g/mol. The van der Waals surface area contributed by atoms with Crippen LogP contribution in [0.15, 0.2) is 30.3 Å². The van der Waals surface area contributed by atoms with Crippen LogP contribution in [0.1, 0.15) is 29.2 Å². The first-order valence-corrected chi connectivity index (χ1v) is 8.19. The molecule has 0 radical (unpaired) electrons. The van der Waals surface area contributed by atoms with Crippen LogP contribution >= 0.6 is 11.3 Å². The van der Waals surface area contributed by atoms with Crippen LogP contribution in [0.25, 0.3) is 0 Å². The molecule has 2 rings (SSSR count). The van der Waals surface area contributed by atoms with Crippen molar-refractivity contribution >= 4 is 11.3 Å². The van der Waals surface area contributed by atoms with Gasteiger partial charge in [-0.15, -0.1) is 11.3 Å². The molecule has 0 aliphatic carbocycles. The van der Waals surface area contributed by atoms with Crippen LogP contribution in [0.5, 0.6) is 11.5 Å². The van der Waals surface area contributed by atoms with Crippen molar-refractivity contribution in [3.05, 3.63) is 45.6 Å². The number of thiophene rings is 1. The smallest absolute Gasteiger partial charge is 0.120 e. The van der Waals surface area contributed by atoms with Gasteiger partial charge < -0.3 is 14.8 Å². The summed E-state index contributed by atoms with van der Waals surface area (Å²) in [5.41, 5.74) is 1.27. The van der Waals surface area contributed by atoms with E-state index in [2.05, 4.69) is 25.2 Å². The van der Waals surface area contributed by atoms with Crippen molar-refractivity contribution < 1.29 is 9.47 Å². The number of ether oxygens (including phenoxy) is 2. The van der Waals surface area contributed by atoms with Gasteiger partial charge in [-0.3, -0.25) is 0 Å². The molecule has 2 aromatic rings. The standard InChI is InChI=1S/C17H23NO2S/c1-4-18-11-17-10-14(13(3)21-17)12-20-16-8-6-15(7-9-16)19-5-2/h6-10,18H,4-5,11-12H2,1-3H3. The first-order valence-electron chi connectivity index (χ1n) is 7.37. The zero-order valence-corrected chi connectivity index (χ0v) is 13.8. The molecular weight excluding hydrogens is 282 g/mol. The van der Waals surface area contributed by atoms with Crippen LogP contribution in [-0.4, -0.2) is 13.2 Å². The normalized spacial score (nSPS) is 10.6. The van der Waals surface area contributed by atoms with Crippen LogP contribution in [0.3, 0.4) is 0 Å². The maximum Gasteiger partial charge on any atom is 0.120 e. The molecule has 0 aliphatic rings. The second-order valence-corrected chi connectivity index (χ2v) is 6.11. The summed E-state index contributed by atoms with van der Waals surface area (Å²) in [6, 6.07) is 10.0. The highest BCUT2D eigenvalue weighted by molar-refractivity contribution is 7.12. The number of benzene rings is 1. The van der Waals surface area contributed by atoms with Crippen LogP contribution in [0, 0.1) is 6.92 Å². The minimum Gasteiger partial charge on any atom is -0.494 e. The van der Waals surface area contributed by atoms with Crippen LogP contribution < -0.4 is 14.8 Å². The number of hydrogen-bond acceptors (Lipinski definition) is 4. The Hall–Kier alpha value is -1.52. The van der Waals surface area contributed by atoms with Gasteiger partial charge in [-0.2, -0.15) is 0 Å². The highest BCUT2D eigenvalue weighted by Gasteiger charge is 2.06. The molecule has 0 aliphatic heterocycles. The van der Waals surface area contributed by atoms with Gasteiger partial charge in [-0.25, -0.2) is 0 Å². The maximum atomic E-state index is 5.85. The van der Waals surface area contributed by atoms with E-state index in [9.17, 15) is 0 Å². The largest absolute Gasteiger partial charge is 0.494 e. The first-order chi connectivity index (χ1) is 10.2. The molecule has 3 nitrogen and oxygen atoms in total. The molecule has 1 N–H and O–H groups in total. The fourth-order valence-corrected chi connectivity index (χ4v) is 3.04. The zero-order valence-electron chi connectivity index (χ0n) is 12.9. The third-order valence-electron chi connectivity index (χ3n) is 3.15. The van der Waals surface area contributed by atoms with E-state index in [0.29, 0.717) is 13.2 Å². The van der Waals surface area contributed by atoms with Crippen molar-refractivity contribution in [2.75, 3.05) is 13.2 Å². The van der Waals surface area contributed by atoms with Crippen LogP contribution in [0.2, 0.25) is 0 Å². The lowest BCUT2D eigenvalue weighted by Gasteiger charge is -2.07. The summed E-state index contributed by atoms with van der Waals surface area (Å²) in [4.78, 5) is 2.69. The summed E-state index contributed by atoms with van der Waals surface area (Å²) in [6.45, 7) is 9.48. The molecule has 0 unspecified atom stereocenters. The second kappa shape index (κ2) is 8.05. The highest BCUT2D eigenvalue weighted by atomic mass is 32.1. The molecule has 0 bridgehead atoms. The fraction of sp³-hybridized carbons (Fsp3) is 0.412. The van der Waals surface area contributed by atoms with Gasteiger partial charge in [-0.05, 0) is 50.7 Å². The molecule has 0 saturated heterocycles. The Labute approximate surface area is 130 Å². The van der Waals surface area contributed by atoms with E-state index >= 15 is 0 Å². The van der Waals surface area contributed by atoms with E-state index < -0.39 is 0 Å². The molecule has 0 fully saturated rings. The van der Waals surface area contributed by atoms with Crippen molar-refractivity contribution in [1.29, 1.82) is 0 Å². The van der Waals surface area contributed by atoms with E-state index in [0.717, 1.165) is 24.6 Å². The zero-order chi connectivity index (χ0) is 15.1. The van der Waals surface area contributed by atoms with E-state index in [4.69, 9.17) is 9.47 Å². The van der Waals surface area contributed by atoms with Gasteiger partial charge >= 0.3 is 0 Å². The van der Waals surface area contributed by atoms with Crippen LogP contribution in [-0.2, 0) is 13.2 Å². The van der Waals surface area contributed by atoms with Gasteiger partial charge in [0.15, 0.2) is 0 Å². The molecule has 0 atom stereocenters. The first kappa shape index (κ1) is 15.9. The molecule has 1 aromatic carbocycles. The Morgan fingerprint density at radius 3 is 2.33 bits per heavy atom. The number of rotatable bonds is 8. The fourth-order valence-electron chi connectivity index (χ4n) is 2.03. The molecule has 4 heteroatoms. The maximum absolute atomic E-state index is 5.85. The van der Waals surface area contributed by atoms with E-state index in [1.165, 1.54) is 15.3 Å². The number of aryl methyl sites for hydroxylation is 1. The lowest BCUT2D eigenvalue weighted by atomic mass is 10.2. The molecule has 0 amide bonds. The van der Waals surface area contributed by atoms with Crippen molar-refractivity contribution in [3.63, 3.8) is 0 Å². The molecule has 21 heavy (non-hydrogen) atoms. The van der Waals surface area contributed by atoms with Gasteiger partial charge in [0.2, 0.25) is 0 Å². The van der Waals surface area contributed by atoms with Crippen molar-refractivity contribution in [3.8, 4) is 11.5 Å². The quantitative estimate of drug-likeness (QED) is 0.795. The van der Waals surface area contributed by atoms with Crippen molar-refractivity contribution in [2.45, 2.75) is 33.9 Å². The second-order valence-electron chi connectivity index (χ2n) is 4.77. The third-order valence-corrected chi connectivity index (χ3v) is 4.24. The third kappa shape index (κ3) is 4.76. The Morgan fingerprint density at radius 2 is 1.71 bits per heavy atom. The minimum absolute atomic E-state index is 0.614. The summed E-state index contributed by atoms with van der Waals surface area (Å²) in [5.74, 6) is 1.75. The minimum atomic E-state index is 0.614. The van der Waals surface area contributed by atoms with Crippen molar-refractivity contribution in [1.82, 2.24) is 5.32 Å². The number of nitrogens with one attached hydrogen (secondary N) is 1. The average Bonchev–Trinajstić information content (AvgIpc) is 2.85. The highest BCUT2D eigenvalue weighted by Crippen LogP contribution is 2.24. The van der Waals surface area contributed by atoms with Gasteiger partial charge in [0, 0.05) is 21.9 Å². The number of hydrogen-bond donors (Lipinski definition) is 1. The molecule has 114 valence electrons. The average molecular weight is 305 g/mol. The Kier molecular flexibility index (Phi) is 6.08. The topological polar surface area (TPSA) is 30.5 Å². The summed E-state index contributed by atoms with van der Waals surface area (Å²) in [7, 11) is 0. The Bertz CT molecular complexity index is 548. The van der Waals surface area contributed by atoms with Gasteiger partial charge in [0.1, 0.15) is 18.1 Å². The van der Waals surface area contributed by atoms with E-state index in [1.54, 1.807) is 0 Å². The summed E-state index contributed by atoms with van der Waals surface area (Å²) in [5, 5.41) is 3.35. The SMILES string of the molecule is CCNCc1cc(COc2ccc(OCC)cc2)c(C)s1. The molecular formula is C17H23NO2S. The lowest BCUT2D eigenvalue weighted by Crippen LogP contribution is -2.10. The van der Waals surface area contributed by atoms with Crippen LogP contribution in [0.4, 0.5) is 0 Å². The Morgan fingerprint density at radius 1 is 1.05 bits per heavy atom. The van der Waals surface area contributed by atoms with E-state index in [-0.39, 0.29) is 0 Å². The lowest BCUT2D eigenvalue weighted by molar-refractivity contribution is 0.303. The molecule has 0 saturated carbocycles. The summed E-state index contributed by atoms with van der Waals surface area (Å²) < 4.78 is 11.3. The summed E-state index contributed by atoms with van der Waals surface area (Å²) >= 11 is 1.84. The molecule has 0 spiro atoms. The van der Waals surface area contributed by atoms with Gasteiger partial charge in [0.25, 0.3) is 0 Å². The summed E-state index contributed by atoms with van der Waals surface area (Å²) in [6.07, 6.45) is 0. The predicted octanol–water partition coefficient (Wildman–Crippen LogP) is 4.14. The molecule has 1 heterocycles. The van der Waals surface area contributed by atoms with Crippen molar-refractivity contribution in [2.24, 2.45) is 0 Å². The molecule has 1 aromatic heterocycles. The predicted molar refractivity (Wildman–Crippen MR) is 88.4 cm³/mol.